The number of hydrogen-bond donors (Lipinski definition) is 2. The molecule has 5 heteroatoms. The van der Waals surface area contributed by atoms with Gasteiger partial charge in [0.25, 0.3) is 0 Å². The smallest absolute Gasteiger partial charge is 0.335 e. The van der Waals surface area contributed by atoms with E-state index in [4.69, 9.17) is 9.84 Å². The van der Waals surface area contributed by atoms with Crippen molar-refractivity contribution < 1.29 is 19.4 Å². The van der Waals surface area contributed by atoms with Crippen molar-refractivity contribution in [3.8, 4) is 5.75 Å². The van der Waals surface area contributed by atoms with Gasteiger partial charge in [-0.3, -0.25) is 4.79 Å². The van der Waals surface area contributed by atoms with Gasteiger partial charge in [-0.2, -0.15) is 0 Å². The van der Waals surface area contributed by atoms with Gasteiger partial charge in [0, 0.05) is 11.8 Å². The van der Waals surface area contributed by atoms with Crippen LogP contribution in [0.2, 0.25) is 0 Å². The van der Waals surface area contributed by atoms with E-state index in [-0.39, 0.29) is 11.5 Å². The summed E-state index contributed by atoms with van der Waals surface area (Å²) in [5.74, 6) is -0.504. The Bertz CT molecular complexity index is 769. The van der Waals surface area contributed by atoms with Crippen molar-refractivity contribution in [2.75, 3.05) is 12.4 Å². The van der Waals surface area contributed by atoms with Crippen molar-refractivity contribution in [1.82, 2.24) is 0 Å². The zero-order valence-electron chi connectivity index (χ0n) is 13.8. The van der Waals surface area contributed by atoms with Crippen LogP contribution in [0.4, 0.5) is 5.69 Å². The van der Waals surface area contributed by atoms with E-state index >= 15 is 0 Å². The van der Waals surface area contributed by atoms with Crippen molar-refractivity contribution in [2.24, 2.45) is 0 Å². The molecule has 2 aromatic carbocycles. The molecule has 0 aliphatic heterocycles. The number of carbonyl (C=O) groups excluding carboxylic acids is 1. The molecular formula is C19H19NO4. The van der Waals surface area contributed by atoms with Crippen LogP contribution in [0, 0.1) is 13.8 Å². The van der Waals surface area contributed by atoms with Crippen molar-refractivity contribution in [1.29, 1.82) is 0 Å². The summed E-state index contributed by atoms with van der Waals surface area (Å²) in [6, 6.07) is 9.82. The standard InChI is InChI=1S/C19H19NO4/c1-12-10-16(24-3)11-13(2)17(12)8-9-18(21)20-15-6-4-14(5-7-15)19(22)23/h4-11H,1-3H3,(H,20,21)(H,22,23)/b9-8+. The Morgan fingerprint density at radius 1 is 1.08 bits per heavy atom. The van der Waals surface area contributed by atoms with Gasteiger partial charge in [0.15, 0.2) is 0 Å². The van der Waals surface area contributed by atoms with Crippen molar-refractivity contribution in [3.63, 3.8) is 0 Å². The van der Waals surface area contributed by atoms with Crippen LogP contribution in [-0.2, 0) is 4.79 Å². The predicted octanol–water partition coefficient (Wildman–Crippen LogP) is 3.66. The summed E-state index contributed by atoms with van der Waals surface area (Å²) in [5, 5.41) is 11.5. The number of ether oxygens (including phenoxy) is 1. The second-order valence-corrected chi connectivity index (χ2v) is 5.38. The number of nitrogens with one attached hydrogen (secondary N) is 1. The van der Waals surface area contributed by atoms with E-state index in [1.165, 1.54) is 18.2 Å². The van der Waals surface area contributed by atoms with Crippen LogP contribution < -0.4 is 10.1 Å². The highest BCUT2D eigenvalue weighted by atomic mass is 16.5. The number of methoxy groups -OCH3 is 1. The lowest BCUT2D eigenvalue weighted by molar-refractivity contribution is -0.111. The molecule has 0 atom stereocenters. The van der Waals surface area contributed by atoms with Gasteiger partial charge < -0.3 is 15.2 Å². The number of carboxylic acid groups (broad SMARTS) is 1. The fourth-order valence-electron chi connectivity index (χ4n) is 2.35. The van der Waals surface area contributed by atoms with Crippen molar-refractivity contribution in [3.05, 3.63) is 64.7 Å². The van der Waals surface area contributed by atoms with Crippen LogP contribution in [0.15, 0.2) is 42.5 Å². The van der Waals surface area contributed by atoms with Gasteiger partial charge in [-0.25, -0.2) is 4.79 Å². The van der Waals surface area contributed by atoms with Crippen LogP contribution in [-0.4, -0.2) is 24.1 Å². The summed E-state index contributed by atoms with van der Waals surface area (Å²) in [5.41, 5.74) is 3.71. The highest BCUT2D eigenvalue weighted by molar-refractivity contribution is 6.02. The molecule has 2 N–H and O–H groups in total. The molecule has 2 rings (SSSR count). The van der Waals surface area contributed by atoms with E-state index in [2.05, 4.69) is 5.32 Å². The number of benzene rings is 2. The fourth-order valence-corrected chi connectivity index (χ4v) is 2.35. The van der Waals surface area contributed by atoms with Crippen LogP contribution in [0.25, 0.3) is 6.08 Å². The number of hydrogen-bond acceptors (Lipinski definition) is 3. The maximum atomic E-state index is 12.0. The van der Waals surface area contributed by atoms with E-state index in [0.29, 0.717) is 5.69 Å². The third kappa shape index (κ3) is 4.23. The molecular weight excluding hydrogens is 306 g/mol. The number of carbonyl (C=O) groups is 2. The molecule has 0 aromatic heterocycles. The van der Waals surface area contributed by atoms with Gasteiger partial charge in [0.1, 0.15) is 5.75 Å². The Balaban J connectivity index is 2.09. The van der Waals surface area contributed by atoms with Gasteiger partial charge in [0.2, 0.25) is 5.91 Å². The molecule has 0 fully saturated rings. The second kappa shape index (κ2) is 7.46. The average molecular weight is 325 g/mol. The Kier molecular flexibility index (Phi) is 5.37. The van der Waals surface area contributed by atoms with Crippen LogP contribution >= 0.6 is 0 Å². The second-order valence-electron chi connectivity index (χ2n) is 5.38. The topological polar surface area (TPSA) is 75.6 Å². The monoisotopic (exact) mass is 325 g/mol. The first-order valence-electron chi connectivity index (χ1n) is 7.38. The minimum Gasteiger partial charge on any atom is -0.497 e. The highest BCUT2D eigenvalue weighted by Crippen LogP contribution is 2.22. The minimum atomic E-state index is -1.00. The molecule has 24 heavy (non-hydrogen) atoms. The number of rotatable bonds is 5. The van der Waals surface area contributed by atoms with Crippen LogP contribution in [0.5, 0.6) is 5.75 Å². The first-order chi connectivity index (χ1) is 11.4. The van der Waals surface area contributed by atoms with Gasteiger partial charge >= 0.3 is 5.97 Å². The Morgan fingerprint density at radius 3 is 2.17 bits per heavy atom. The molecule has 0 spiro atoms. The minimum absolute atomic E-state index is 0.174. The number of amides is 1. The quantitative estimate of drug-likeness (QED) is 0.823. The molecule has 0 saturated carbocycles. The fraction of sp³-hybridized carbons (Fsp3) is 0.158. The normalized spacial score (nSPS) is 10.6. The highest BCUT2D eigenvalue weighted by Gasteiger charge is 2.05. The molecule has 124 valence electrons. The third-order valence-electron chi connectivity index (χ3n) is 3.60. The lowest BCUT2D eigenvalue weighted by atomic mass is 10.0. The molecule has 5 nitrogen and oxygen atoms in total. The number of anilines is 1. The SMILES string of the molecule is COc1cc(C)c(/C=C/C(=O)Nc2ccc(C(=O)O)cc2)c(C)c1. The summed E-state index contributed by atoms with van der Waals surface area (Å²) < 4.78 is 5.22. The van der Waals surface area contributed by atoms with E-state index in [0.717, 1.165) is 22.4 Å². The first kappa shape index (κ1) is 17.3. The molecule has 0 unspecified atom stereocenters. The number of aromatic carboxylic acids is 1. The first-order valence-corrected chi connectivity index (χ1v) is 7.38. The van der Waals surface area contributed by atoms with Crippen molar-refractivity contribution >= 4 is 23.6 Å². The maximum absolute atomic E-state index is 12.0. The van der Waals surface area contributed by atoms with Gasteiger partial charge in [0.05, 0.1) is 12.7 Å². The van der Waals surface area contributed by atoms with Crippen LogP contribution in [0.3, 0.4) is 0 Å². The summed E-state index contributed by atoms with van der Waals surface area (Å²) in [6.45, 7) is 3.91. The van der Waals surface area contributed by atoms with Crippen molar-refractivity contribution in [2.45, 2.75) is 13.8 Å². The maximum Gasteiger partial charge on any atom is 0.335 e. The molecule has 0 aliphatic rings. The summed E-state index contributed by atoms with van der Waals surface area (Å²) in [7, 11) is 1.62. The Hall–Kier alpha value is -3.08. The molecule has 0 aliphatic carbocycles. The summed E-state index contributed by atoms with van der Waals surface area (Å²) >= 11 is 0. The average Bonchev–Trinajstić information content (AvgIpc) is 2.54. The molecule has 0 heterocycles. The Labute approximate surface area is 140 Å². The van der Waals surface area contributed by atoms with Gasteiger partial charge in [-0.05, 0) is 73.0 Å². The number of aryl methyl sites for hydroxylation is 2. The lowest BCUT2D eigenvalue weighted by Gasteiger charge is -2.09. The zero-order chi connectivity index (χ0) is 17.7. The van der Waals surface area contributed by atoms with Gasteiger partial charge in [-0.1, -0.05) is 0 Å². The number of carboxylic acids is 1. The van der Waals surface area contributed by atoms with Gasteiger partial charge in [-0.15, -0.1) is 0 Å². The van der Waals surface area contributed by atoms with Crippen LogP contribution in [0.1, 0.15) is 27.0 Å². The predicted molar refractivity (Wildman–Crippen MR) is 93.5 cm³/mol. The summed E-state index contributed by atoms with van der Waals surface area (Å²) in [4.78, 5) is 22.8. The Morgan fingerprint density at radius 2 is 1.67 bits per heavy atom. The lowest BCUT2D eigenvalue weighted by Crippen LogP contribution is -2.08. The van der Waals surface area contributed by atoms with E-state index in [9.17, 15) is 9.59 Å². The summed E-state index contributed by atoms with van der Waals surface area (Å²) in [6.07, 6.45) is 3.21. The largest absolute Gasteiger partial charge is 0.497 e. The molecule has 0 saturated heterocycles. The molecule has 1 amide bonds. The molecule has 0 radical (unpaired) electrons. The molecule has 2 aromatic rings. The van der Waals surface area contributed by atoms with E-state index in [1.54, 1.807) is 25.3 Å². The van der Waals surface area contributed by atoms with E-state index < -0.39 is 5.97 Å². The third-order valence-corrected chi connectivity index (χ3v) is 3.60. The zero-order valence-corrected chi connectivity index (χ0v) is 13.8. The van der Waals surface area contributed by atoms with E-state index in [1.807, 2.05) is 26.0 Å². The molecule has 0 bridgehead atoms.